The maximum absolute atomic E-state index is 13.7. The van der Waals surface area contributed by atoms with Gasteiger partial charge in [0.05, 0.1) is 5.69 Å². The van der Waals surface area contributed by atoms with Gasteiger partial charge in [-0.3, -0.25) is 9.59 Å². The van der Waals surface area contributed by atoms with E-state index in [0.29, 0.717) is 53.1 Å². The van der Waals surface area contributed by atoms with Gasteiger partial charge in [-0.2, -0.15) is 5.10 Å². The van der Waals surface area contributed by atoms with Crippen molar-refractivity contribution in [3.8, 4) is 5.69 Å². The van der Waals surface area contributed by atoms with Crippen LogP contribution in [-0.4, -0.2) is 64.6 Å². The summed E-state index contributed by atoms with van der Waals surface area (Å²) in [6, 6.07) is 17.0. The Morgan fingerprint density at radius 2 is 1.86 bits per heavy atom. The molecule has 35 heavy (non-hydrogen) atoms. The minimum Gasteiger partial charge on any atom is -0.347 e. The molecular formula is C27H30ClN5O2. The number of halogens is 1. The molecule has 3 aromatic rings. The molecule has 1 aromatic heterocycles. The first-order valence-electron chi connectivity index (χ1n) is 12.2. The number of amides is 2. The van der Waals surface area contributed by atoms with Crippen molar-refractivity contribution >= 4 is 23.4 Å². The van der Waals surface area contributed by atoms with Crippen molar-refractivity contribution in [2.45, 2.75) is 25.8 Å². The van der Waals surface area contributed by atoms with Crippen LogP contribution < -0.4 is 5.32 Å². The van der Waals surface area contributed by atoms with Gasteiger partial charge in [0.15, 0.2) is 5.69 Å². The van der Waals surface area contributed by atoms with Gasteiger partial charge in [-0.1, -0.05) is 48.0 Å². The lowest BCUT2D eigenvalue weighted by molar-refractivity contribution is 0.0672. The van der Waals surface area contributed by atoms with Gasteiger partial charge in [-0.25, -0.2) is 4.68 Å². The summed E-state index contributed by atoms with van der Waals surface area (Å²) in [5.74, 6) is 0.148. The number of fused-ring (bicyclic) bond motifs is 1. The predicted molar refractivity (Wildman–Crippen MR) is 136 cm³/mol. The average molecular weight is 492 g/mol. The number of piperidine rings is 1. The van der Waals surface area contributed by atoms with Crippen LogP contribution in [0.5, 0.6) is 0 Å². The molecule has 1 saturated heterocycles. The van der Waals surface area contributed by atoms with Gasteiger partial charge >= 0.3 is 0 Å². The fraction of sp³-hybridized carbons (Fsp3) is 0.370. The van der Waals surface area contributed by atoms with Gasteiger partial charge < -0.3 is 15.1 Å². The lowest BCUT2D eigenvalue weighted by Gasteiger charge is -2.35. The number of rotatable bonds is 6. The van der Waals surface area contributed by atoms with Crippen LogP contribution in [-0.2, 0) is 13.0 Å². The highest BCUT2D eigenvalue weighted by molar-refractivity contribution is 6.30. The first-order valence-corrected chi connectivity index (χ1v) is 12.5. The summed E-state index contributed by atoms with van der Waals surface area (Å²) in [4.78, 5) is 31.2. The van der Waals surface area contributed by atoms with E-state index in [2.05, 4.69) is 22.4 Å². The maximum atomic E-state index is 13.7. The third kappa shape index (κ3) is 5.11. The number of carbonyl (C=O) groups is 2. The van der Waals surface area contributed by atoms with Crippen molar-refractivity contribution in [1.82, 2.24) is 24.9 Å². The van der Waals surface area contributed by atoms with Crippen LogP contribution in [0.15, 0.2) is 54.6 Å². The van der Waals surface area contributed by atoms with Crippen LogP contribution >= 0.6 is 11.6 Å². The Labute approximate surface area is 210 Å². The van der Waals surface area contributed by atoms with Crippen LogP contribution in [0.1, 0.15) is 44.9 Å². The van der Waals surface area contributed by atoms with Crippen molar-refractivity contribution in [3.63, 3.8) is 0 Å². The highest BCUT2D eigenvalue weighted by Crippen LogP contribution is 2.28. The molecular weight excluding hydrogens is 462 g/mol. The third-order valence-corrected chi connectivity index (χ3v) is 7.22. The van der Waals surface area contributed by atoms with E-state index in [4.69, 9.17) is 11.6 Å². The summed E-state index contributed by atoms with van der Waals surface area (Å²) in [5, 5.41) is 8.17. The van der Waals surface area contributed by atoms with Crippen LogP contribution in [0, 0.1) is 5.92 Å². The van der Waals surface area contributed by atoms with Crippen LogP contribution in [0.2, 0.25) is 5.02 Å². The van der Waals surface area contributed by atoms with E-state index < -0.39 is 0 Å². The topological polar surface area (TPSA) is 70.5 Å². The van der Waals surface area contributed by atoms with E-state index in [1.54, 1.807) is 16.8 Å². The molecule has 2 aliphatic heterocycles. The van der Waals surface area contributed by atoms with Gasteiger partial charge in [0.25, 0.3) is 11.8 Å². The summed E-state index contributed by atoms with van der Waals surface area (Å²) in [7, 11) is 2.14. The van der Waals surface area contributed by atoms with Gasteiger partial charge in [-0.15, -0.1) is 0 Å². The molecule has 0 spiro atoms. The molecule has 7 nitrogen and oxygen atoms in total. The molecule has 1 N–H and O–H groups in total. The van der Waals surface area contributed by atoms with Crippen molar-refractivity contribution in [2.75, 3.05) is 33.2 Å². The first kappa shape index (κ1) is 23.6. The molecule has 1 fully saturated rings. The highest BCUT2D eigenvalue weighted by Gasteiger charge is 2.35. The molecule has 8 heteroatoms. The van der Waals surface area contributed by atoms with Crippen LogP contribution in [0.25, 0.3) is 5.69 Å². The number of hydrogen-bond donors (Lipinski definition) is 1. The zero-order chi connectivity index (χ0) is 24.4. The quantitative estimate of drug-likeness (QED) is 0.569. The molecule has 0 saturated carbocycles. The zero-order valence-electron chi connectivity index (χ0n) is 19.9. The average Bonchev–Trinajstić information content (AvgIpc) is 3.27. The number of nitrogens with zero attached hydrogens (tertiary/aromatic N) is 4. The zero-order valence-corrected chi connectivity index (χ0v) is 20.7. The Kier molecular flexibility index (Phi) is 6.88. The van der Waals surface area contributed by atoms with Crippen LogP contribution in [0.4, 0.5) is 0 Å². The summed E-state index contributed by atoms with van der Waals surface area (Å²) in [6.07, 6.45) is 2.78. The molecule has 2 aromatic carbocycles. The fourth-order valence-electron chi connectivity index (χ4n) is 4.97. The second-order valence-electron chi connectivity index (χ2n) is 9.48. The van der Waals surface area contributed by atoms with Crippen molar-refractivity contribution in [3.05, 3.63) is 82.1 Å². The van der Waals surface area contributed by atoms with Gasteiger partial charge in [0.1, 0.15) is 5.69 Å². The lowest BCUT2D eigenvalue weighted by Crippen LogP contribution is -2.44. The number of hydrogen-bond acceptors (Lipinski definition) is 4. The summed E-state index contributed by atoms with van der Waals surface area (Å²) >= 11 is 6.25. The number of aromatic nitrogens is 2. The third-order valence-electron chi connectivity index (χ3n) is 6.99. The molecule has 182 valence electrons. The Bertz CT molecular complexity index is 1220. The Morgan fingerprint density at radius 1 is 1.09 bits per heavy atom. The molecule has 2 amide bonds. The molecule has 3 heterocycles. The highest BCUT2D eigenvalue weighted by atomic mass is 35.5. The Hall–Kier alpha value is -3.16. The number of benzene rings is 2. The Morgan fingerprint density at radius 3 is 2.60 bits per heavy atom. The molecule has 0 bridgehead atoms. The molecule has 0 unspecified atom stereocenters. The first-order chi connectivity index (χ1) is 17.0. The van der Waals surface area contributed by atoms with E-state index >= 15 is 0 Å². The van der Waals surface area contributed by atoms with Gasteiger partial charge in [0, 0.05) is 30.2 Å². The van der Waals surface area contributed by atoms with Crippen molar-refractivity contribution in [1.29, 1.82) is 0 Å². The van der Waals surface area contributed by atoms with E-state index in [0.717, 1.165) is 38.0 Å². The lowest BCUT2D eigenvalue weighted by atomic mass is 9.95. The van der Waals surface area contributed by atoms with Gasteiger partial charge in [0.2, 0.25) is 0 Å². The largest absolute Gasteiger partial charge is 0.347 e. The molecule has 2 aliphatic rings. The van der Waals surface area contributed by atoms with Crippen molar-refractivity contribution in [2.24, 2.45) is 5.92 Å². The number of nitrogens with one attached hydrogen (secondary N) is 1. The molecule has 0 radical (unpaired) electrons. The second kappa shape index (κ2) is 10.2. The number of carbonyl (C=O) groups excluding carboxylic acids is 2. The monoisotopic (exact) mass is 491 g/mol. The molecule has 0 atom stereocenters. The predicted octanol–water partition coefficient (Wildman–Crippen LogP) is 3.80. The Balaban J connectivity index is 1.44. The van der Waals surface area contributed by atoms with Crippen LogP contribution in [0.3, 0.4) is 0 Å². The van der Waals surface area contributed by atoms with E-state index in [1.807, 2.05) is 47.4 Å². The van der Waals surface area contributed by atoms with E-state index in [9.17, 15) is 9.59 Å². The minimum atomic E-state index is -0.276. The van der Waals surface area contributed by atoms with E-state index in [-0.39, 0.29) is 11.8 Å². The van der Waals surface area contributed by atoms with Gasteiger partial charge in [-0.05, 0) is 69.1 Å². The molecule has 0 aliphatic carbocycles. The minimum absolute atomic E-state index is 0.0697. The van der Waals surface area contributed by atoms with Crippen molar-refractivity contribution < 1.29 is 9.59 Å². The fourth-order valence-corrected chi connectivity index (χ4v) is 5.16. The summed E-state index contributed by atoms with van der Waals surface area (Å²) < 4.78 is 1.60. The maximum Gasteiger partial charge on any atom is 0.272 e. The smallest absolute Gasteiger partial charge is 0.272 e. The number of likely N-dealkylation sites (tertiary alicyclic amines) is 1. The molecule has 5 rings (SSSR count). The second-order valence-corrected chi connectivity index (χ2v) is 9.92. The standard InChI is InChI=1S/C27H30ClN5O2/c1-31-13-10-20(11-14-31)18-32-15-12-23-24(26(34)29-17-19-6-3-2-4-7-19)30-33(25(23)27(32)35)22-9-5-8-21(28)16-22/h2-9,16,20H,10-15,17-18H2,1H3,(H,29,34). The normalized spacial score (nSPS) is 16.9. The van der Waals surface area contributed by atoms with E-state index in [1.165, 1.54) is 0 Å². The SMILES string of the molecule is CN1CCC(CN2CCc3c(C(=O)NCc4ccccc4)nn(-c4cccc(Cl)c4)c3C2=O)CC1. The summed E-state index contributed by atoms with van der Waals surface area (Å²) in [6.45, 7) is 3.85. The summed E-state index contributed by atoms with van der Waals surface area (Å²) in [5.41, 5.74) is 3.16.